The van der Waals surface area contributed by atoms with E-state index in [2.05, 4.69) is 17.6 Å². The van der Waals surface area contributed by atoms with E-state index in [1.807, 2.05) is 20.8 Å². The molecule has 0 saturated heterocycles. The van der Waals surface area contributed by atoms with Gasteiger partial charge in [0.05, 0.1) is 0 Å². The first-order valence-electron chi connectivity index (χ1n) is 7.59. The standard InChI is InChI=1S/C15H28N2O2/c1-10-6-5-7-13(10)16-11-8-12(9-11)17-14(18)19-15(2,3)4/h10-13,16H,5-9H2,1-4H3,(H,17,18). The lowest BCUT2D eigenvalue weighted by molar-refractivity contribution is 0.0461. The molecule has 2 fully saturated rings. The Bertz CT molecular complexity index is 319. The van der Waals surface area contributed by atoms with Gasteiger partial charge in [-0.2, -0.15) is 0 Å². The molecule has 0 aromatic rings. The summed E-state index contributed by atoms with van der Waals surface area (Å²) < 4.78 is 5.26. The highest BCUT2D eigenvalue weighted by atomic mass is 16.6. The number of carbonyl (C=O) groups is 1. The van der Waals surface area contributed by atoms with Crippen molar-refractivity contribution in [3.8, 4) is 0 Å². The highest BCUT2D eigenvalue weighted by molar-refractivity contribution is 5.68. The SMILES string of the molecule is CC1CCCC1NC1CC(NC(=O)OC(C)(C)C)C1. The second kappa shape index (κ2) is 5.70. The maximum Gasteiger partial charge on any atom is 0.407 e. The van der Waals surface area contributed by atoms with E-state index in [0.29, 0.717) is 12.1 Å². The number of hydrogen-bond acceptors (Lipinski definition) is 3. The summed E-state index contributed by atoms with van der Waals surface area (Å²) in [6.45, 7) is 8.00. The summed E-state index contributed by atoms with van der Waals surface area (Å²) in [6.07, 6.45) is 5.78. The first kappa shape index (κ1) is 14.6. The molecule has 2 atom stereocenters. The quantitative estimate of drug-likeness (QED) is 0.827. The van der Waals surface area contributed by atoms with Gasteiger partial charge in [0.2, 0.25) is 0 Å². The highest BCUT2D eigenvalue weighted by Gasteiger charge is 2.34. The van der Waals surface area contributed by atoms with Crippen LogP contribution < -0.4 is 10.6 Å². The normalized spacial score (nSPS) is 34.7. The Morgan fingerprint density at radius 2 is 1.84 bits per heavy atom. The summed E-state index contributed by atoms with van der Waals surface area (Å²) in [5, 5.41) is 6.66. The number of ether oxygens (including phenoxy) is 1. The number of amides is 1. The molecule has 2 saturated carbocycles. The van der Waals surface area contributed by atoms with Crippen LogP contribution in [0.15, 0.2) is 0 Å². The minimum absolute atomic E-state index is 0.282. The van der Waals surface area contributed by atoms with Crippen LogP contribution in [-0.2, 0) is 4.74 Å². The number of rotatable bonds is 3. The van der Waals surface area contributed by atoms with Crippen molar-refractivity contribution in [1.82, 2.24) is 10.6 Å². The first-order valence-corrected chi connectivity index (χ1v) is 7.59. The Morgan fingerprint density at radius 3 is 2.37 bits per heavy atom. The maximum atomic E-state index is 11.6. The van der Waals surface area contributed by atoms with Crippen molar-refractivity contribution >= 4 is 6.09 Å². The van der Waals surface area contributed by atoms with Gasteiger partial charge in [0, 0.05) is 18.1 Å². The molecule has 110 valence electrons. The minimum atomic E-state index is -0.412. The van der Waals surface area contributed by atoms with Gasteiger partial charge in [-0.1, -0.05) is 13.3 Å². The maximum absolute atomic E-state index is 11.6. The number of nitrogens with one attached hydrogen (secondary N) is 2. The van der Waals surface area contributed by atoms with Crippen molar-refractivity contribution in [2.24, 2.45) is 5.92 Å². The molecule has 2 aliphatic rings. The van der Waals surface area contributed by atoms with Crippen molar-refractivity contribution in [1.29, 1.82) is 0 Å². The van der Waals surface area contributed by atoms with E-state index in [9.17, 15) is 4.79 Å². The smallest absolute Gasteiger partial charge is 0.407 e. The van der Waals surface area contributed by atoms with Gasteiger partial charge in [0.25, 0.3) is 0 Å². The van der Waals surface area contributed by atoms with E-state index in [4.69, 9.17) is 4.74 Å². The number of carbonyl (C=O) groups excluding carboxylic acids is 1. The van der Waals surface area contributed by atoms with Crippen LogP contribution in [0.3, 0.4) is 0 Å². The second-order valence-corrected chi connectivity index (χ2v) is 7.19. The lowest BCUT2D eigenvalue weighted by Crippen LogP contribution is -2.55. The van der Waals surface area contributed by atoms with Gasteiger partial charge >= 0.3 is 6.09 Å². The van der Waals surface area contributed by atoms with Crippen molar-refractivity contribution in [2.45, 2.75) is 83.5 Å². The van der Waals surface area contributed by atoms with Crippen molar-refractivity contribution < 1.29 is 9.53 Å². The van der Waals surface area contributed by atoms with Crippen LogP contribution in [0.5, 0.6) is 0 Å². The highest BCUT2D eigenvalue weighted by Crippen LogP contribution is 2.28. The zero-order valence-corrected chi connectivity index (χ0v) is 12.7. The average Bonchev–Trinajstić information content (AvgIpc) is 2.58. The Morgan fingerprint density at radius 1 is 1.16 bits per heavy atom. The monoisotopic (exact) mass is 268 g/mol. The molecular weight excluding hydrogens is 240 g/mol. The molecule has 0 aromatic heterocycles. The molecule has 0 spiro atoms. The second-order valence-electron chi connectivity index (χ2n) is 7.19. The molecule has 0 heterocycles. The third-order valence-electron chi connectivity index (χ3n) is 4.17. The van der Waals surface area contributed by atoms with Crippen LogP contribution in [0, 0.1) is 5.92 Å². The third kappa shape index (κ3) is 4.37. The summed E-state index contributed by atoms with van der Waals surface area (Å²) in [5.74, 6) is 0.804. The van der Waals surface area contributed by atoms with Crippen LogP contribution in [0.25, 0.3) is 0 Å². The Kier molecular flexibility index (Phi) is 4.39. The lowest BCUT2D eigenvalue weighted by Gasteiger charge is -2.39. The third-order valence-corrected chi connectivity index (χ3v) is 4.17. The topological polar surface area (TPSA) is 50.4 Å². The fourth-order valence-electron chi connectivity index (χ4n) is 3.04. The average molecular weight is 268 g/mol. The van der Waals surface area contributed by atoms with E-state index in [1.54, 1.807) is 0 Å². The molecule has 2 rings (SSSR count). The van der Waals surface area contributed by atoms with Crippen molar-refractivity contribution in [2.75, 3.05) is 0 Å². The van der Waals surface area contributed by atoms with Gasteiger partial charge in [0.15, 0.2) is 0 Å². The van der Waals surface area contributed by atoms with E-state index in [1.165, 1.54) is 19.3 Å². The molecule has 2 N–H and O–H groups in total. The van der Waals surface area contributed by atoms with Gasteiger partial charge < -0.3 is 15.4 Å². The fraction of sp³-hybridized carbons (Fsp3) is 0.933. The molecule has 2 aliphatic carbocycles. The molecule has 4 heteroatoms. The number of hydrogen-bond donors (Lipinski definition) is 2. The lowest BCUT2D eigenvalue weighted by atomic mass is 9.85. The predicted molar refractivity (Wildman–Crippen MR) is 76.1 cm³/mol. The first-order chi connectivity index (χ1) is 8.83. The zero-order valence-electron chi connectivity index (χ0n) is 12.7. The van der Waals surface area contributed by atoms with Crippen LogP contribution in [0.4, 0.5) is 4.79 Å². The molecule has 19 heavy (non-hydrogen) atoms. The summed E-state index contributed by atoms with van der Waals surface area (Å²) in [6, 6.07) is 1.54. The molecular formula is C15H28N2O2. The van der Waals surface area contributed by atoms with Crippen LogP contribution in [0.2, 0.25) is 0 Å². The van der Waals surface area contributed by atoms with E-state index in [0.717, 1.165) is 18.8 Å². The Labute approximate surface area is 116 Å². The molecule has 4 nitrogen and oxygen atoms in total. The Balaban J connectivity index is 1.62. The van der Waals surface area contributed by atoms with E-state index < -0.39 is 5.60 Å². The summed E-state index contributed by atoms with van der Waals surface area (Å²) in [5.41, 5.74) is -0.412. The summed E-state index contributed by atoms with van der Waals surface area (Å²) >= 11 is 0. The Hall–Kier alpha value is -0.770. The number of alkyl carbamates (subject to hydrolysis) is 1. The van der Waals surface area contributed by atoms with Crippen LogP contribution in [0.1, 0.15) is 59.8 Å². The predicted octanol–water partition coefficient (Wildman–Crippen LogP) is 2.82. The van der Waals surface area contributed by atoms with Crippen molar-refractivity contribution in [3.05, 3.63) is 0 Å². The van der Waals surface area contributed by atoms with Gasteiger partial charge in [0.1, 0.15) is 5.60 Å². The van der Waals surface area contributed by atoms with Crippen LogP contribution in [-0.4, -0.2) is 29.8 Å². The summed E-state index contributed by atoms with van der Waals surface area (Å²) in [4.78, 5) is 11.6. The van der Waals surface area contributed by atoms with Gasteiger partial charge in [-0.3, -0.25) is 0 Å². The summed E-state index contributed by atoms with van der Waals surface area (Å²) in [7, 11) is 0. The molecule has 0 bridgehead atoms. The minimum Gasteiger partial charge on any atom is -0.444 e. The molecule has 0 aliphatic heterocycles. The van der Waals surface area contributed by atoms with Crippen LogP contribution >= 0.6 is 0 Å². The fourth-order valence-corrected chi connectivity index (χ4v) is 3.04. The zero-order chi connectivity index (χ0) is 14.0. The molecule has 1 amide bonds. The van der Waals surface area contributed by atoms with Gasteiger partial charge in [-0.05, 0) is 52.4 Å². The van der Waals surface area contributed by atoms with E-state index in [-0.39, 0.29) is 12.1 Å². The van der Waals surface area contributed by atoms with Crippen molar-refractivity contribution in [3.63, 3.8) is 0 Å². The molecule has 0 radical (unpaired) electrons. The van der Waals surface area contributed by atoms with E-state index >= 15 is 0 Å². The molecule has 0 aromatic carbocycles. The largest absolute Gasteiger partial charge is 0.444 e. The van der Waals surface area contributed by atoms with Gasteiger partial charge in [-0.25, -0.2) is 4.79 Å². The molecule has 2 unspecified atom stereocenters. The van der Waals surface area contributed by atoms with Gasteiger partial charge in [-0.15, -0.1) is 0 Å².